The molecule has 4 nitrogen and oxygen atoms in total. The Bertz CT molecular complexity index is 759. The molecule has 124 valence electrons. The second kappa shape index (κ2) is 7.01. The van der Waals surface area contributed by atoms with Crippen LogP contribution in [0.2, 0.25) is 0 Å². The number of rotatable bonds is 6. The highest BCUT2D eigenvalue weighted by atomic mass is 32.2. The minimum absolute atomic E-state index is 0.0581. The fourth-order valence-electron chi connectivity index (χ4n) is 1.83. The summed E-state index contributed by atoms with van der Waals surface area (Å²) in [7, 11) is -3.13. The summed E-state index contributed by atoms with van der Waals surface area (Å²) < 4.78 is 70.4. The van der Waals surface area contributed by atoms with Gasteiger partial charge in [0.25, 0.3) is 0 Å². The largest absolute Gasteiger partial charge is 0.492 e. The summed E-state index contributed by atoms with van der Waals surface area (Å²) in [6.45, 7) is -0.190. The van der Waals surface area contributed by atoms with E-state index < -0.39 is 32.4 Å². The molecule has 8 heteroatoms. The van der Waals surface area contributed by atoms with Crippen LogP contribution < -0.4 is 4.74 Å². The molecule has 0 atom stereocenters. The van der Waals surface area contributed by atoms with Crippen molar-refractivity contribution in [3.8, 4) is 5.75 Å². The second-order valence-electron chi connectivity index (χ2n) is 4.68. The van der Waals surface area contributed by atoms with Gasteiger partial charge in [0.1, 0.15) is 29.8 Å². The van der Waals surface area contributed by atoms with Crippen molar-refractivity contribution in [2.75, 3.05) is 20.2 Å². The SMILES string of the molecule is CN(CCOc1ccc(F)cc1)S(=O)(=O)c1c(F)cccc1F. The number of likely N-dealkylation sites (N-methyl/N-ethyl adjacent to an activating group) is 1. The number of nitrogens with zero attached hydrogens (tertiary/aromatic N) is 1. The van der Waals surface area contributed by atoms with E-state index in [1.807, 2.05) is 0 Å². The number of halogens is 3. The first kappa shape index (κ1) is 17.3. The van der Waals surface area contributed by atoms with Gasteiger partial charge in [0, 0.05) is 13.6 Å². The van der Waals surface area contributed by atoms with Crippen LogP contribution in [-0.2, 0) is 10.0 Å². The van der Waals surface area contributed by atoms with E-state index >= 15 is 0 Å². The highest BCUT2D eigenvalue weighted by Gasteiger charge is 2.28. The number of benzene rings is 2. The average Bonchev–Trinajstić information content (AvgIpc) is 2.48. The van der Waals surface area contributed by atoms with Crippen molar-refractivity contribution in [3.05, 3.63) is 59.9 Å². The molecule has 0 saturated carbocycles. The maximum Gasteiger partial charge on any atom is 0.248 e. The Morgan fingerprint density at radius 2 is 1.57 bits per heavy atom. The molecule has 2 rings (SSSR count). The molecule has 0 saturated heterocycles. The van der Waals surface area contributed by atoms with E-state index in [9.17, 15) is 21.6 Å². The monoisotopic (exact) mass is 345 g/mol. The number of hydrogen-bond acceptors (Lipinski definition) is 3. The van der Waals surface area contributed by atoms with Gasteiger partial charge in [0.15, 0.2) is 4.90 Å². The summed E-state index contributed by atoms with van der Waals surface area (Å²) in [4.78, 5) is -0.996. The lowest BCUT2D eigenvalue weighted by Crippen LogP contribution is -2.32. The third-order valence-corrected chi connectivity index (χ3v) is 4.98. The van der Waals surface area contributed by atoms with Gasteiger partial charge in [0.05, 0.1) is 0 Å². The topological polar surface area (TPSA) is 46.6 Å². The lowest BCUT2D eigenvalue weighted by Gasteiger charge is -2.18. The second-order valence-corrected chi connectivity index (χ2v) is 6.66. The van der Waals surface area contributed by atoms with E-state index in [1.54, 1.807) is 0 Å². The number of ether oxygens (including phenoxy) is 1. The Kier molecular flexibility index (Phi) is 5.27. The van der Waals surface area contributed by atoms with E-state index in [2.05, 4.69) is 0 Å². The molecule has 2 aromatic carbocycles. The van der Waals surface area contributed by atoms with Gasteiger partial charge in [-0.25, -0.2) is 21.6 Å². The third-order valence-electron chi connectivity index (χ3n) is 3.08. The molecule has 0 fully saturated rings. The van der Waals surface area contributed by atoms with Crippen LogP contribution in [0.3, 0.4) is 0 Å². The molecule has 0 bridgehead atoms. The van der Waals surface area contributed by atoms with E-state index in [1.165, 1.54) is 31.3 Å². The minimum Gasteiger partial charge on any atom is -0.492 e. The molecular formula is C15H14F3NO3S. The lowest BCUT2D eigenvalue weighted by molar-refractivity contribution is 0.286. The molecule has 2 aromatic rings. The van der Waals surface area contributed by atoms with Gasteiger partial charge >= 0.3 is 0 Å². The maximum atomic E-state index is 13.6. The summed E-state index contributed by atoms with van der Waals surface area (Å²) in [5.41, 5.74) is 0. The summed E-state index contributed by atoms with van der Waals surface area (Å²) in [6, 6.07) is 8.01. The van der Waals surface area contributed by atoms with Crippen LogP contribution in [0, 0.1) is 17.5 Å². The van der Waals surface area contributed by atoms with Gasteiger partial charge in [-0.1, -0.05) is 6.07 Å². The Morgan fingerprint density at radius 1 is 1.00 bits per heavy atom. The number of hydrogen-bond donors (Lipinski definition) is 0. The molecule has 0 aliphatic carbocycles. The van der Waals surface area contributed by atoms with Crippen LogP contribution >= 0.6 is 0 Å². The van der Waals surface area contributed by atoms with Gasteiger partial charge in [0.2, 0.25) is 10.0 Å². The molecule has 0 aromatic heterocycles. The summed E-state index contributed by atoms with van der Waals surface area (Å²) >= 11 is 0. The van der Waals surface area contributed by atoms with Crippen LogP contribution in [0.1, 0.15) is 0 Å². The van der Waals surface area contributed by atoms with E-state index in [-0.39, 0.29) is 13.2 Å². The van der Waals surface area contributed by atoms with Crippen molar-refractivity contribution in [2.45, 2.75) is 4.90 Å². The van der Waals surface area contributed by atoms with E-state index in [0.29, 0.717) is 5.75 Å². The molecule has 0 aliphatic heterocycles. The van der Waals surface area contributed by atoms with Gasteiger partial charge < -0.3 is 4.74 Å². The summed E-state index contributed by atoms with van der Waals surface area (Å²) in [5, 5.41) is 0. The Balaban J connectivity index is 2.04. The first-order valence-electron chi connectivity index (χ1n) is 6.61. The van der Waals surface area contributed by atoms with Crippen molar-refractivity contribution >= 4 is 10.0 Å². The van der Waals surface area contributed by atoms with Crippen LogP contribution in [0.15, 0.2) is 47.4 Å². The zero-order valence-corrected chi connectivity index (χ0v) is 13.0. The average molecular weight is 345 g/mol. The predicted molar refractivity (Wildman–Crippen MR) is 78.1 cm³/mol. The van der Waals surface area contributed by atoms with Crippen LogP contribution in [0.5, 0.6) is 5.75 Å². The van der Waals surface area contributed by atoms with Gasteiger partial charge in [-0.2, -0.15) is 4.31 Å². The van der Waals surface area contributed by atoms with Gasteiger partial charge in [-0.15, -0.1) is 0 Å². The quantitative estimate of drug-likeness (QED) is 0.809. The lowest BCUT2D eigenvalue weighted by atomic mass is 10.3. The molecular weight excluding hydrogens is 331 g/mol. The predicted octanol–water partition coefficient (Wildman–Crippen LogP) is 2.80. The Labute approximate surface area is 132 Å². The van der Waals surface area contributed by atoms with E-state index in [0.717, 1.165) is 22.5 Å². The number of sulfonamides is 1. The van der Waals surface area contributed by atoms with Crippen molar-refractivity contribution in [1.29, 1.82) is 0 Å². The smallest absolute Gasteiger partial charge is 0.248 e. The zero-order chi connectivity index (χ0) is 17.0. The maximum absolute atomic E-state index is 13.6. The van der Waals surface area contributed by atoms with E-state index in [4.69, 9.17) is 4.74 Å². The zero-order valence-electron chi connectivity index (χ0n) is 12.2. The fourth-order valence-corrected chi connectivity index (χ4v) is 3.08. The minimum atomic E-state index is -4.32. The van der Waals surface area contributed by atoms with Gasteiger partial charge in [-0.3, -0.25) is 0 Å². The van der Waals surface area contributed by atoms with Crippen LogP contribution in [0.4, 0.5) is 13.2 Å². The Hall–Kier alpha value is -2.06. The van der Waals surface area contributed by atoms with Crippen LogP contribution in [0.25, 0.3) is 0 Å². The highest BCUT2D eigenvalue weighted by molar-refractivity contribution is 7.89. The summed E-state index contributed by atoms with van der Waals surface area (Å²) in [6.07, 6.45) is 0. The van der Waals surface area contributed by atoms with Crippen molar-refractivity contribution < 1.29 is 26.3 Å². The highest BCUT2D eigenvalue weighted by Crippen LogP contribution is 2.21. The summed E-state index contributed by atoms with van der Waals surface area (Å²) in [5.74, 6) is -2.38. The standard InChI is InChI=1S/C15H14F3NO3S/c1-19(9-10-22-12-7-5-11(16)6-8-12)23(20,21)15-13(17)3-2-4-14(15)18/h2-8H,9-10H2,1H3. The molecule has 0 heterocycles. The Morgan fingerprint density at radius 3 is 2.13 bits per heavy atom. The molecule has 0 radical (unpaired) electrons. The molecule has 0 N–H and O–H groups in total. The van der Waals surface area contributed by atoms with Crippen LogP contribution in [-0.4, -0.2) is 32.9 Å². The normalized spacial score (nSPS) is 11.7. The van der Waals surface area contributed by atoms with Crippen molar-refractivity contribution in [1.82, 2.24) is 4.31 Å². The molecule has 0 spiro atoms. The molecule has 0 amide bonds. The first-order valence-corrected chi connectivity index (χ1v) is 8.05. The molecule has 23 heavy (non-hydrogen) atoms. The third kappa shape index (κ3) is 4.02. The molecule has 0 aliphatic rings. The first-order chi connectivity index (χ1) is 10.8. The van der Waals surface area contributed by atoms with Crippen molar-refractivity contribution in [3.63, 3.8) is 0 Å². The fraction of sp³-hybridized carbons (Fsp3) is 0.200. The van der Waals surface area contributed by atoms with Crippen molar-refractivity contribution in [2.24, 2.45) is 0 Å². The molecule has 0 unspecified atom stereocenters. The van der Waals surface area contributed by atoms with Gasteiger partial charge in [-0.05, 0) is 36.4 Å².